The maximum absolute atomic E-state index is 12.1. The third-order valence-electron chi connectivity index (χ3n) is 4.49. The number of likely N-dealkylation sites (tertiary alicyclic amines) is 1. The fraction of sp³-hybridized carbons (Fsp3) is 0.190. The van der Waals surface area contributed by atoms with E-state index in [9.17, 15) is 4.79 Å². The van der Waals surface area contributed by atoms with E-state index in [1.807, 2.05) is 52.2 Å². The molecule has 1 aliphatic rings. The molecule has 0 atom stereocenters. The summed E-state index contributed by atoms with van der Waals surface area (Å²) in [6.07, 6.45) is 10.1. The Labute approximate surface area is 152 Å². The molecule has 4 rings (SSSR count). The fourth-order valence-electron chi connectivity index (χ4n) is 2.94. The van der Waals surface area contributed by atoms with Crippen molar-refractivity contribution in [1.82, 2.24) is 19.7 Å². The van der Waals surface area contributed by atoms with Crippen LogP contribution in [0.25, 0.3) is 17.3 Å². The van der Waals surface area contributed by atoms with Crippen LogP contribution in [0.3, 0.4) is 0 Å². The Bertz CT molecular complexity index is 912. The zero-order valence-corrected chi connectivity index (χ0v) is 14.5. The third-order valence-corrected chi connectivity index (χ3v) is 4.49. The molecule has 3 heterocycles. The van der Waals surface area contributed by atoms with E-state index in [2.05, 4.69) is 17.1 Å². The molecule has 0 spiro atoms. The molecule has 1 aliphatic heterocycles. The lowest BCUT2D eigenvalue weighted by atomic mass is 10.1. The van der Waals surface area contributed by atoms with Gasteiger partial charge in [-0.3, -0.25) is 14.5 Å². The van der Waals surface area contributed by atoms with Crippen LogP contribution >= 0.6 is 0 Å². The van der Waals surface area contributed by atoms with Crippen molar-refractivity contribution in [3.63, 3.8) is 0 Å². The first-order valence-corrected chi connectivity index (χ1v) is 8.78. The molecule has 0 radical (unpaired) electrons. The number of nitrogens with zero attached hydrogens (tertiary/aromatic N) is 4. The van der Waals surface area contributed by atoms with E-state index >= 15 is 0 Å². The topological polar surface area (TPSA) is 51.0 Å². The highest BCUT2D eigenvalue weighted by molar-refractivity contribution is 5.93. The van der Waals surface area contributed by atoms with E-state index in [0.717, 1.165) is 36.3 Å². The molecule has 5 nitrogen and oxygen atoms in total. The first-order valence-electron chi connectivity index (χ1n) is 8.78. The molecule has 0 bridgehead atoms. The molecule has 3 aromatic rings. The molecular formula is C21H20N4O. The molecule has 0 saturated carbocycles. The van der Waals surface area contributed by atoms with Gasteiger partial charge in [0.05, 0.1) is 6.54 Å². The highest BCUT2D eigenvalue weighted by Gasteiger charge is 2.18. The lowest BCUT2D eigenvalue weighted by Gasteiger charge is -2.29. The Morgan fingerprint density at radius 2 is 1.96 bits per heavy atom. The summed E-state index contributed by atoms with van der Waals surface area (Å²) in [4.78, 5) is 18.2. The predicted octanol–water partition coefficient (Wildman–Crippen LogP) is 3.24. The van der Waals surface area contributed by atoms with Gasteiger partial charge in [0, 0.05) is 48.9 Å². The minimum absolute atomic E-state index is 0.0594. The average molecular weight is 344 g/mol. The lowest BCUT2D eigenvalue weighted by Crippen LogP contribution is -2.40. The SMILES string of the molecule is O=C(/C=C/c1cn(Cc2ccccc2)nc1-c1cccnc1)N1CCC1. The van der Waals surface area contributed by atoms with Gasteiger partial charge in [0.15, 0.2) is 0 Å². The van der Waals surface area contributed by atoms with Crippen LogP contribution in [0.15, 0.2) is 67.1 Å². The number of hydrogen-bond acceptors (Lipinski definition) is 3. The maximum atomic E-state index is 12.1. The van der Waals surface area contributed by atoms with E-state index in [1.165, 1.54) is 5.56 Å². The highest BCUT2D eigenvalue weighted by Crippen LogP contribution is 2.23. The molecule has 1 aromatic carbocycles. The van der Waals surface area contributed by atoms with E-state index < -0.39 is 0 Å². The quantitative estimate of drug-likeness (QED) is 0.668. The number of hydrogen-bond donors (Lipinski definition) is 0. The lowest BCUT2D eigenvalue weighted by molar-refractivity contribution is -0.129. The minimum atomic E-state index is 0.0594. The molecule has 0 aliphatic carbocycles. The van der Waals surface area contributed by atoms with Gasteiger partial charge in [0.2, 0.25) is 5.91 Å². The molecule has 26 heavy (non-hydrogen) atoms. The molecule has 0 N–H and O–H groups in total. The summed E-state index contributed by atoms with van der Waals surface area (Å²) >= 11 is 0. The first-order chi connectivity index (χ1) is 12.8. The van der Waals surface area contributed by atoms with Gasteiger partial charge >= 0.3 is 0 Å². The number of rotatable bonds is 5. The van der Waals surface area contributed by atoms with Crippen LogP contribution in [0.4, 0.5) is 0 Å². The van der Waals surface area contributed by atoms with Crippen LogP contribution in [0.1, 0.15) is 17.5 Å². The molecule has 1 saturated heterocycles. The van der Waals surface area contributed by atoms with Gasteiger partial charge in [-0.2, -0.15) is 5.10 Å². The van der Waals surface area contributed by atoms with Crippen LogP contribution in [0, 0.1) is 0 Å². The van der Waals surface area contributed by atoms with E-state index in [1.54, 1.807) is 18.5 Å². The maximum Gasteiger partial charge on any atom is 0.246 e. The van der Waals surface area contributed by atoms with E-state index in [0.29, 0.717) is 6.54 Å². The average Bonchev–Trinajstić information content (AvgIpc) is 3.03. The van der Waals surface area contributed by atoms with E-state index in [4.69, 9.17) is 5.10 Å². The largest absolute Gasteiger partial charge is 0.339 e. The van der Waals surface area contributed by atoms with Crippen LogP contribution in [0.5, 0.6) is 0 Å². The standard InChI is InChI=1S/C21H20N4O/c26-20(24-12-5-13-24)10-9-19-16-25(15-17-6-2-1-3-7-17)23-21(19)18-8-4-11-22-14-18/h1-4,6-11,14,16H,5,12-13,15H2/b10-9+. The van der Waals surface area contributed by atoms with Gasteiger partial charge < -0.3 is 4.90 Å². The number of amides is 1. The molecule has 1 amide bonds. The van der Waals surface area contributed by atoms with Crippen molar-refractivity contribution in [2.45, 2.75) is 13.0 Å². The van der Waals surface area contributed by atoms with Crippen LogP contribution < -0.4 is 0 Å². The Kier molecular flexibility index (Phi) is 4.60. The number of benzene rings is 1. The zero-order valence-electron chi connectivity index (χ0n) is 14.5. The fourth-order valence-corrected chi connectivity index (χ4v) is 2.94. The van der Waals surface area contributed by atoms with Crippen molar-refractivity contribution in [2.75, 3.05) is 13.1 Å². The second-order valence-electron chi connectivity index (χ2n) is 6.37. The smallest absolute Gasteiger partial charge is 0.246 e. The Morgan fingerprint density at radius 3 is 2.65 bits per heavy atom. The van der Waals surface area contributed by atoms with Crippen molar-refractivity contribution in [3.05, 3.63) is 78.3 Å². The second-order valence-corrected chi connectivity index (χ2v) is 6.37. The molecule has 130 valence electrons. The van der Waals surface area contributed by atoms with Crippen molar-refractivity contribution < 1.29 is 4.79 Å². The van der Waals surface area contributed by atoms with Crippen LogP contribution in [-0.4, -0.2) is 38.7 Å². The summed E-state index contributed by atoms with van der Waals surface area (Å²) in [7, 11) is 0. The molecule has 1 fully saturated rings. The first kappa shape index (κ1) is 16.3. The monoisotopic (exact) mass is 344 g/mol. The highest BCUT2D eigenvalue weighted by atomic mass is 16.2. The van der Waals surface area contributed by atoms with Gasteiger partial charge in [-0.15, -0.1) is 0 Å². The zero-order chi connectivity index (χ0) is 17.8. The van der Waals surface area contributed by atoms with Crippen LogP contribution in [-0.2, 0) is 11.3 Å². The molecule has 5 heteroatoms. The van der Waals surface area contributed by atoms with Gasteiger partial charge in [-0.1, -0.05) is 30.3 Å². The normalized spacial score (nSPS) is 13.8. The van der Waals surface area contributed by atoms with Gasteiger partial charge in [-0.05, 0) is 30.2 Å². The van der Waals surface area contributed by atoms with Gasteiger partial charge in [-0.25, -0.2) is 0 Å². The predicted molar refractivity (Wildman–Crippen MR) is 101 cm³/mol. The van der Waals surface area contributed by atoms with Crippen molar-refractivity contribution in [3.8, 4) is 11.3 Å². The summed E-state index contributed by atoms with van der Waals surface area (Å²) in [5.41, 5.74) is 3.87. The number of carbonyl (C=O) groups excluding carboxylic acids is 1. The van der Waals surface area contributed by atoms with Crippen molar-refractivity contribution >= 4 is 12.0 Å². The third kappa shape index (κ3) is 3.57. The van der Waals surface area contributed by atoms with E-state index in [-0.39, 0.29) is 5.91 Å². The molecule has 2 aromatic heterocycles. The summed E-state index contributed by atoms with van der Waals surface area (Å²) in [6.45, 7) is 2.39. The summed E-state index contributed by atoms with van der Waals surface area (Å²) in [5.74, 6) is 0.0594. The number of pyridine rings is 1. The Hall–Kier alpha value is -3.21. The van der Waals surface area contributed by atoms with Gasteiger partial charge in [0.1, 0.15) is 5.69 Å². The van der Waals surface area contributed by atoms with Gasteiger partial charge in [0.25, 0.3) is 0 Å². The van der Waals surface area contributed by atoms with Crippen molar-refractivity contribution in [1.29, 1.82) is 0 Å². The second kappa shape index (κ2) is 7.35. The summed E-state index contributed by atoms with van der Waals surface area (Å²) in [5, 5.41) is 4.73. The summed E-state index contributed by atoms with van der Waals surface area (Å²) in [6, 6.07) is 14.1. The Balaban J connectivity index is 1.64. The number of carbonyl (C=O) groups is 1. The summed E-state index contributed by atoms with van der Waals surface area (Å²) < 4.78 is 1.91. The van der Waals surface area contributed by atoms with Crippen LogP contribution in [0.2, 0.25) is 0 Å². The molecule has 0 unspecified atom stereocenters. The molecular weight excluding hydrogens is 324 g/mol. The van der Waals surface area contributed by atoms with Crippen molar-refractivity contribution in [2.24, 2.45) is 0 Å². The minimum Gasteiger partial charge on any atom is -0.339 e. The Morgan fingerprint density at radius 1 is 1.12 bits per heavy atom. The number of aromatic nitrogens is 3.